The van der Waals surface area contributed by atoms with Crippen molar-refractivity contribution >= 4 is 27.6 Å². The molecule has 0 aliphatic heterocycles. The summed E-state index contributed by atoms with van der Waals surface area (Å²) in [6, 6.07) is 12.8. The number of anilines is 1. The number of rotatable bonds is 7. The summed E-state index contributed by atoms with van der Waals surface area (Å²) in [6.07, 6.45) is 0. The lowest BCUT2D eigenvalue weighted by Gasteiger charge is -2.13. The van der Waals surface area contributed by atoms with Crippen molar-refractivity contribution in [1.29, 1.82) is 0 Å². The summed E-state index contributed by atoms with van der Waals surface area (Å²) in [4.78, 5) is 12.0. The van der Waals surface area contributed by atoms with Crippen molar-refractivity contribution in [2.24, 2.45) is 0 Å². The number of hydrogen-bond donors (Lipinski definition) is 2. The highest BCUT2D eigenvalue weighted by molar-refractivity contribution is 9.10. The molecule has 0 fully saturated rings. The van der Waals surface area contributed by atoms with E-state index in [2.05, 4.69) is 26.6 Å². The first-order chi connectivity index (χ1) is 11.6. The van der Waals surface area contributed by atoms with Gasteiger partial charge >= 0.3 is 6.03 Å². The SMILES string of the molecule is CCOc1ccc(NC(=O)NCc2ccc(Br)cc2)cc1OCC. The molecule has 0 aliphatic rings. The van der Waals surface area contributed by atoms with E-state index in [9.17, 15) is 4.79 Å². The summed E-state index contributed by atoms with van der Waals surface area (Å²) in [5.74, 6) is 1.28. The van der Waals surface area contributed by atoms with Crippen LogP contribution in [0.4, 0.5) is 10.5 Å². The second-order valence-corrected chi connectivity index (χ2v) is 5.88. The molecule has 0 radical (unpaired) electrons. The average Bonchev–Trinajstić information content (AvgIpc) is 2.57. The lowest BCUT2D eigenvalue weighted by molar-refractivity contribution is 0.251. The minimum absolute atomic E-state index is 0.274. The Kier molecular flexibility index (Phi) is 6.93. The van der Waals surface area contributed by atoms with Gasteiger partial charge in [0.15, 0.2) is 11.5 Å². The van der Waals surface area contributed by atoms with Gasteiger partial charge < -0.3 is 20.1 Å². The molecule has 2 rings (SSSR count). The number of urea groups is 1. The summed E-state index contributed by atoms with van der Waals surface area (Å²) in [5.41, 5.74) is 1.67. The van der Waals surface area contributed by atoms with Gasteiger partial charge in [-0.3, -0.25) is 0 Å². The van der Waals surface area contributed by atoms with E-state index < -0.39 is 0 Å². The van der Waals surface area contributed by atoms with E-state index in [4.69, 9.17) is 9.47 Å². The Hall–Kier alpha value is -2.21. The van der Waals surface area contributed by atoms with Crippen LogP contribution < -0.4 is 20.1 Å². The van der Waals surface area contributed by atoms with E-state index in [-0.39, 0.29) is 6.03 Å². The van der Waals surface area contributed by atoms with Gasteiger partial charge in [0.2, 0.25) is 0 Å². The molecule has 0 aromatic heterocycles. The normalized spacial score (nSPS) is 10.1. The van der Waals surface area contributed by atoms with Crippen LogP contribution in [0.15, 0.2) is 46.9 Å². The van der Waals surface area contributed by atoms with Gasteiger partial charge in [-0.1, -0.05) is 28.1 Å². The highest BCUT2D eigenvalue weighted by Crippen LogP contribution is 2.30. The van der Waals surface area contributed by atoms with Gasteiger partial charge in [-0.15, -0.1) is 0 Å². The van der Waals surface area contributed by atoms with E-state index in [0.29, 0.717) is 36.9 Å². The fraction of sp³-hybridized carbons (Fsp3) is 0.278. The molecule has 0 unspecified atom stereocenters. The zero-order valence-electron chi connectivity index (χ0n) is 13.8. The lowest BCUT2D eigenvalue weighted by Crippen LogP contribution is -2.28. The first-order valence-electron chi connectivity index (χ1n) is 7.81. The molecular formula is C18H21BrN2O3. The molecule has 0 spiro atoms. The number of carbonyl (C=O) groups is 1. The van der Waals surface area contributed by atoms with Gasteiger partial charge in [0.05, 0.1) is 13.2 Å². The average molecular weight is 393 g/mol. The topological polar surface area (TPSA) is 59.6 Å². The molecule has 24 heavy (non-hydrogen) atoms. The number of carbonyl (C=O) groups excluding carboxylic acids is 1. The van der Waals surface area contributed by atoms with Crippen molar-refractivity contribution in [2.45, 2.75) is 20.4 Å². The molecule has 0 atom stereocenters. The molecule has 2 N–H and O–H groups in total. The predicted octanol–water partition coefficient (Wildman–Crippen LogP) is 4.57. The quantitative estimate of drug-likeness (QED) is 0.725. The minimum atomic E-state index is -0.274. The third-order valence-corrected chi connectivity index (χ3v) is 3.70. The van der Waals surface area contributed by atoms with Crippen molar-refractivity contribution in [1.82, 2.24) is 5.32 Å². The molecule has 0 saturated heterocycles. The van der Waals surface area contributed by atoms with Crippen LogP contribution in [0.3, 0.4) is 0 Å². The fourth-order valence-electron chi connectivity index (χ4n) is 2.09. The maximum atomic E-state index is 12.0. The van der Waals surface area contributed by atoms with Gasteiger partial charge in [0.25, 0.3) is 0 Å². The molecule has 0 aliphatic carbocycles. The smallest absolute Gasteiger partial charge is 0.319 e. The van der Waals surface area contributed by atoms with Crippen molar-refractivity contribution in [3.8, 4) is 11.5 Å². The summed E-state index contributed by atoms with van der Waals surface area (Å²) in [7, 11) is 0. The van der Waals surface area contributed by atoms with Crippen molar-refractivity contribution < 1.29 is 14.3 Å². The van der Waals surface area contributed by atoms with E-state index >= 15 is 0 Å². The number of ether oxygens (including phenoxy) is 2. The van der Waals surface area contributed by atoms with Crippen LogP contribution in [0.1, 0.15) is 19.4 Å². The Balaban J connectivity index is 1.95. The molecular weight excluding hydrogens is 372 g/mol. The Bertz CT molecular complexity index is 674. The molecule has 2 aromatic carbocycles. The molecule has 5 nitrogen and oxygen atoms in total. The zero-order chi connectivity index (χ0) is 17.4. The monoisotopic (exact) mass is 392 g/mol. The molecule has 0 saturated carbocycles. The van der Waals surface area contributed by atoms with E-state index in [1.807, 2.05) is 38.1 Å². The number of halogens is 1. The van der Waals surface area contributed by atoms with E-state index in [1.165, 1.54) is 0 Å². The Labute approximate surface area is 150 Å². The van der Waals surface area contributed by atoms with Gasteiger partial charge in [-0.25, -0.2) is 4.79 Å². The summed E-state index contributed by atoms with van der Waals surface area (Å²) >= 11 is 3.38. The maximum Gasteiger partial charge on any atom is 0.319 e. The summed E-state index contributed by atoms with van der Waals surface area (Å²) in [5, 5.41) is 5.62. The Morgan fingerprint density at radius 2 is 1.67 bits per heavy atom. The second-order valence-electron chi connectivity index (χ2n) is 4.96. The van der Waals surface area contributed by atoms with Crippen LogP contribution in [0.5, 0.6) is 11.5 Å². The predicted molar refractivity (Wildman–Crippen MR) is 98.8 cm³/mol. The van der Waals surface area contributed by atoms with Crippen LogP contribution in [0, 0.1) is 0 Å². The molecule has 6 heteroatoms. The lowest BCUT2D eigenvalue weighted by atomic mass is 10.2. The highest BCUT2D eigenvalue weighted by Gasteiger charge is 2.08. The van der Waals surface area contributed by atoms with Crippen LogP contribution >= 0.6 is 15.9 Å². The molecule has 0 bridgehead atoms. The van der Waals surface area contributed by atoms with Crippen molar-refractivity contribution in [2.75, 3.05) is 18.5 Å². The van der Waals surface area contributed by atoms with E-state index in [1.54, 1.807) is 18.2 Å². The molecule has 128 valence electrons. The van der Waals surface area contributed by atoms with E-state index in [0.717, 1.165) is 10.0 Å². The zero-order valence-corrected chi connectivity index (χ0v) is 15.4. The summed E-state index contributed by atoms with van der Waals surface area (Å²) < 4.78 is 12.1. The Morgan fingerprint density at radius 3 is 2.33 bits per heavy atom. The molecule has 2 aromatic rings. The van der Waals surface area contributed by atoms with Crippen LogP contribution in [0.25, 0.3) is 0 Å². The van der Waals surface area contributed by atoms with Gasteiger partial charge in [-0.2, -0.15) is 0 Å². The van der Waals surface area contributed by atoms with Crippen molar-refractivity contribution in [3.05, 3.63) is 52.5 Å². The molecule has 0 heterocycles. The third kappa shape index (κ3) is 5.45. The fourth-order valence-corrected chi connectivity index (χ4v) is 2.35. The van der Waals surface area contributed by atoms with Crippen LogP contribution in [-0.4, -0.2) is 19.2 Å². The van der Waals surface area contributed by atoms with Gasteiger partial charge in [-0.05, 0) is 43.7 Å². The first kappa shape index (κ1) is 18.1. The third-order valence-electron chi connectivity index (χ3n) is 3.17. The number of benzene rings is 2. The van der Waals surface area contributed by atoms with Gasteiger partial charge in [0.1, 0.15) is 0 Å². The first-order valence-corrected chi connectivity index (χ1v) is 8.60. The minimum Gasteiger partial charge on any atom is -0.490 e. The second kappa shape index (κ2) is 9.17. The van der Waals surface area contributed by atoms with Gasteiger partial charge in [0, 0.05) is 22.8 Å². The van der Waals surface area contributed by atoms with Crippen molar-refractivity contribution in [3.63, 3.8) is 0 Å². The number of hydrogen-bond acceptors (Lipinski definition) is 3. The Morgan fingerprint density at radius 1 is 1.00 bits per heavy atom. The largest absolute Gasteiger partial charge is 0.490 e. The summed E-state index contributed by atoms with van der Waals surface area (Å²) in [6.45, 7) is 5.35. The number of amides is 2. The molecule has 2 amide bonds. The highest BCUT2D eigenvalue weighted by atomic mass is 79.9. The van der Waals surface area contributed by atoms with Crippen LogP contribution in [0.2, 0.25) is 0 Å². The number of nitrogens with one attached hydrogen (secondary N) is 2. The maximum absolute atomic E-state index is 12.0. The van der Waals surface area contributed by atoms with Crippen LogP contribution in [-0.2, 0) is 6.54 Å². The standard InChI is InChI=1S/C18H21BrN2O3/c1-3-23-16-10-9-15(11-17(16)24-4-2)21-18(22)20-12-13-5-7-14(19)8-6-13/h5-11H,3-4,12H2,1-2H3,(H2,20,21,22).